The fraction of sp³-hybridized carbons (Fsp3) is 0.333. The molecule has 0 atom stereocenters. The first-order chi connectivity index (χ1) is 9.33. The highest BCUT2D eigenvalue weighted by Gasteiger charge is 2.27. The number of nitrogens with zero attached hydrogens (tertiary/aromatic N) is 2. The van der Waals surface area contributed by atoms with Crippen LogP contribution in [0.15, 0.2) is 44.3 Å². The second-order valence-corrected chi connectivity index (χ2v) is 5.42. The van der Waals surface area contributed by atoms with Crippen molar-refractivity contribution in [2.75, 3.05) is 6.54 Å². The largest absolute Gasteiger partial charge is 0.368 e. The first kappa shape index (κ1) is 12.4. The van der Waals surface area contributed by atoms with Crippen LogP contribution >= 0.6 is 11.3 Å². The Morgan fingerprint density at radius 2 is 2.21 bits per heavy atom. The first-order valence-electron chi connectivity index (χ1n) is 6.69. The van der Waals surface area contributed by atoms with Gasteiger partial charge in [0.15, 0.2) is 5.84 Å². The van der Waals surface area contributed by atoms with Crippen molar-refractivity contribution in [3.8, 4) is 0 Å². The molecule has 2 aliphatic rings. The van der Waals surface area contributed by atoms with Gasteiger partial charge < -0.3 is 5.32 Å². The van der Waals surface area contributed by atoms with Crippen LogP contribution in [0.2, 0.25) is 0 Å². The minimum atomic E-state index is 0.878. The summed E-state index contributed by atoms with van der Waals surface area (Å²) in [4.78, 5) is 0. The number of hydrogen-bond acceptors (Lipinski definition) is 4. The number of amidine groups is 1. The van der Waals surface area contributed by atoms with E-state index in [1.807, 2.05) is 0 Å². The zero-order valence-electron chi connectivity index (χ0n) is 11.2. The Kier molecular flexibility index (Phi) is 3.34. The van der Waals surface area contributed by atoms with Crippen LogP contribution in [-0.4, -0.2) is 18.1 Å². The van der Waals surface area contributed by atoms with E-state index >= 15 is 0 Å². The molecule has 1 aliphatic heterocycles. The van der Waals surface area contributed by atoms with E-state index < -0.39 is 0 Å². The van der Waals surface area contributed by atoms with E-state index in [2.05, 4.69) is 52.3 Å². The lowest BCUT2D eigenvalue weighted by molar-refractivity contribution is 0.960. The lowest BCUT2D eigenvalue weighted by atomic mass is 9.87. The Morgan fingerprint density at radius 3 is 2.89 bits per heavy atom. The summed E-state index contributed by atoms with van der Waals surface area (Å²) in [5.41, 5.74) is 6.34. The van der Waals surface area contributed by atoms with Crippen molar-refractivity contribution in [1.29, 1.82) is 0 Å². The van der Waals surface area contributed by atoms with E-state index in [9.17, 15) is 0 Å². The van der Waals surface area contributed by atoms with E-state index in [1.54, 1.807) is 11.3 Å². The summed E-state index contributed by atoms with van der Waals surface area (Å²) in [6.07, 6.45) is 4.20. The molecule has 1 aromatic heterocycles. The highest BCUT2D eigenvalue weighted by Crippen LogP contribution is 2.33. The Bertz CT molecular complexity index is 603. The molecule has 0 saturated carbocycles. The highest BCUT2D eigenvalue weighted by molar-refractivity contribution is 7.08. The Hall–Kier alpha value is -1.68. The van der Waals surface area contributed by atoms with Crippen molar-refractivity contribution in [1.82, 2.24) is 5.32 Å². The smallest absolute Gasteiger partial charge is 0.158 e. The molecule has 1 aromatic rings. The SMILES string of the molecule is CCNC1=NN=C2CC(c3ccsc3)=CC(CC)=C21. The average Bonchev–Trinajstić information content (AvgIpc) is 3.07. The van der Waals surface area contributed by atoms with Gasteiger partial charge in [0.2, 0.25) is 0 Å². The molecule has 0 saturated heterocycles. The average molecular weight is 271 g/mol. The molecule has 0 unspecified atom stereocenters. The molecule has 0 bridgehead atoms. The molecule has 0 spiro atoms. The highest BCUT2D eigenvalue weighted by atomic mass is 32.1. The van der Waals surface area contributed by atoms with Crippen molar-refractivity contribution < 1.29 is 0 Å². The molecule has 3 rings (SSSR count). The van der Waals surface area contributed by atoms with Crippen LogP contribution in [0.4, 0.5) is 0 Å². The van der Waals surface area contributed by atoms with Crippen LogP contribution in [0.25, 0.3) is 5.57 Å². The maximum atomic E-state index is 4.36. The van der Waals surface area contributed by atoms with E-state index in [0.717, 1.165) is 30.9 Å². The van der Waals surface area contributed by atoms with Gasteiger partial charge >= 0.3 is 0 Å². The molecule has 0 fully saturated rings. The summed E-state index contributed by atoms with van der Waals surface area (Å²) in [7, 11) is 0. The molecule has 0 aromatic carbocycles. The second-order valence-electron chi connectivity index (χ2n) is 4.64. The second kappa shape index (κ2) is 5.13. The third-order valence-corrected chi connectivity index (χ3v) is 4.12. The summed E-state index contributed by atoms with van der Waals surface area (Å²) >= 11 is 1.74. The van der Waals surface area contributed by atoms with Gasteiger partial charge in [-0.15, -0.1) is 5.10 Å². The summed E-state index contributed by atoms with van der Waals surface area (Å²) < 4.78 is 0. The number of thiophene rings is 1. The number of rotatable bonds is 3. The zero-order chi connectivity index (χ0) is 13.2. The minimum Gasteiger partial charge on any atom is -0.368 e. The number of fused-ring (bicyclic) bond motifs is 1. The number of allylic oxidation sites excluding steroid dienone is 3. The minimum absolute atomic E-state index is 0.878. The number of likely N-dealkylation sites (N-methyl/N-ethyl adjacent to an activating group) is 1. The molecule has 19 heavy (non-hydrogen) atoms. The van der Waals surface area contributed by atoms with Crippen LogP contribution in [-0.2, 0) is 0 Å². The van der Waals surface area contributed by atoms with Gasteiger partial charge in [0, 0.05) is 18.5 Å². The summed E-state index contributed by atoms with van der Waals surface area (Å²) in [5.74, 6) is 0.940. The molecule has 2 heterocycles. The first-order valence-corrected chi connectivity index (χ1v) is 7.63. The molecule has 98 valence electrons. The third kappa shape index (κ3) is 2.16. The van der Waals surface area contributed by atoms with Gasteiger partial charge in [-0.25, -0.2) is 0 Å². The van der Waals surface area contributed by atoms with E-state index in [-0.39, 0.29) is 0 Å². The molecule has 3 nitrogen and oxygen atoms in total. The van der Waals surface area contributed by atoms with Gasteiger partial charge in [-0.3, -0.25) is 0 Å². The molecular weight excluding hydrogens is 254 g/mol. The Morgan fingerprint density at radius 1 is 1.32 bits per heavy atom. The maximum absolute atomic E-state index is 4.36. The third-order valence-electron chi connectivity index (χ3n) is 3.44. The van der Waals surface area contributed by atoms with Crippen LogP contribution in [0.1, 0.15) is 32.3 Å². The van der Waals surface area contributed by atoms with Gasteiger partial charge in [-0.2, -0.15) is 16.4 Å². The monoisotopic (exact) mass is 271 g/mol. The van der Waals surface area contributed by atoms with Gasteiger partial charge in [0.25, 0.3) is 0 Å². The fourth-order valence-corrected chi connectivity index (χ4v) is 3.21. The zero-order valence-corrected chi connectivity index (χ0v) is 12.0. The fourth-order valence-electron chi connectivity index (χ4n) is 2.52. The quantitative estimate of drug-likeness (QED) is 0.895. The van der Waals surface area contributed by atoms with E-state index in [1.165, 1.54) is 22.3 Å². The molecular formula is C15H17N3S. The van der Waals surface area contributed by atoms with Crippen LogP contribution in [0, 0.1) is 0 Å². The van der Waals surface area contributed by atoms with Crippen LogP contribution < -0.4 is 5.32 Å². The summed E-state index contributed by atoms with van der Waals surface area (Å²) in [6, 6.07) is 2.18. The maximum Gasteiger partial charge on any atom is 0.158 e. The van der Waals surface area contributed by atoms with Crippen LogP contribution in [0.5, 0.6) is 0 Å². The topological polar surface area (TPSA) is 36.8 Å². The van der Waals surface area contributed by atoms with Gasteiger partial charge in [0.05, 0.1) is 5.71 Å². The molecule has 0 amide bonds. The predicted octanol–water partition coefficient (Wildman–Crippen LogP) is 3.62. The Labute approximate surface area is 117 Å². The standard InChI is InChI=1S/C15H17N3S/c1-3-10-7-12(11-5-6-19-9-11)8-13-14(10)15(16-4-2)18-17-13/h5-7,9H,3-4,8H2,1-2H3,(H,16,18). The van der Waals surface area contributed by atoms with E-state index in [4.69, 9.17) is 0 Å². The summed E-state index contributed by atoms with van der Waals surface area (Å²) in [5, 5.41) is 16.3. The van der Waals surface area contributed by atoms with Crippen molar-refractivity contribution in [3.63, 3.8) is 0 Å². The Balaban J connectivity index is 2.01. The lowest BCUT2D eigenvalue weighted by Gasteiger charge is -2.18. The number of nitrogens with one attached hydrogen (secondary N) is 1. The van der Waals surface area contributed by atoms with Gasteiger partial charge in [-0.05, 0) is 46.9 Å². The number of hydrogen-bond donors (Lipinski definition) is 1. The van der Waals surface area contributed by atoms with Crippen molar-refractivity contribution >= 4 is 28.5 Å². The molecule has 4 heteroatoms. The van der Waals surface area contributed by atoms with Crippen LogP contribution in [0.3, 0.4) is 0 Å². The lowest BCUT2D eigenvalue weighted by Crippen LogP contribution is -2.27. The van der Waals surface area contributed by atoms with Gasteiger partial charge in [0.1, 0.15) is 0 Å². The normalized spacial score (nSPS) is 17.9. The van der Waals surface area contributed by atoms with Crippen molar-refractivity contribution in [2.24, 2.45) is 10.2 Å². The van der Waals surface area contributed by atoms with Gasteiger partial charge in [-0.1, -0.05) is 13.0 Å². The van der Waals surface area contributed by atoms with E-state index in [0.29, 0.717) is 0 Å². The summed E-state index contributed by atoms with van der Waals surface area (Å²) in [6.45, 7) is 5.15. The molecule has 1 aliphatic carbocycles. The predicted molar refractivity (Wildman–Crippen MR) is 82.8 cm³/mol. The molecule has 0 radical (unpaired) electrons. The van der Waals surface area contributed by atoms with Crippen molar-refractivity contribution in [2.45, 2.75) is 26.7 Å². The molecule has 1 N–H and O–H groups in total. The van der Waals surface area contributed by atoms with Crippen molar-refractivity contribution in [3.05, 3.63) is 39.6 Å².